The van der Waals surface area contributed by atoms with Crippen LogP contribution in [0.15, 0.2) is 27.0 Å². The van der Waals surface area contributed by atoms with E-state index in [1.54, 1.807) is 23.7 Å². The Morgan fingerprint density at radius 3 is 2.94 bits per heavy atom. The minimum atomic E-state index is -0.355. The lowest BCUT2D eigenvalue weighted by Crippen LogP contribution is -2.29. The van der Waals surface area contributed by atoms with E-state index in [1.807, 2.05) is 19.2 Å². The van der Waals surface area contributed by atoms with E-state index in [0.29, 0.717) is 10.2 Å². The van der Waals surface area contributed by atoms with Gasteiger partial charge in [0.2, 0.25) is 0 Å². The third kappa shape index (κ3) is 2.55. The number of hydrogen-bond acceptors (Lipinski definition) is 5. The second kappa shape index (κ2) is 4.58. The van der Waals surface area contributed by atoms with Crippen LogP contribution in [-0.4, -0.2) is 15.2 Å². The van der Waals surface area contributed by atoms with Crippen LogP contribution < -0.4 is 10.9 Å². The van der Waals surface area contributed by atoms with E-state index in [0.717, 1.165) is 5.01 Å². The van der Waals surface area contributed by atoms with E-state index in [9.17, 15) is 4.79 Å². The van der Waals surface area contributed by atoms with Crippen LogP contribution in [0.25, 0.3) is 0 Å². The molecule has 5 nitrogen and oxygen atoms in total. The molecule has 0 bridgehead atoms. The molecule has 0 saturated carbocycles. The first-order valence-electron chi connectivity index (χ1n) is 4.92. The zero-order valence-electron chi connectivity index (χ0n) is 9.32. The van der Waals surface area contributed by atoms with E-state index in [2.05, 4.69) is 36.4 Å². The molecule has 0 unspecified atom stereocenters. The van der Waals surface area contributed by atoms with E-state index in [4.69, 9.17) is 0 Å². The maximum Gasteiger partial charge on any atom is 0.280 e. The summed E-state index contributed by atoms with van der Waals surface area (Å²) in [5.41, 5.74) is 0.0329. The van der Waals surface area contributed by atoms with Crippen LogP contribution in [0.3, 0.4) is 0 Å². The molecule has 2 aromatic rings. The zero-order valence-corrected chi connectivity index (χ0v) is 11.7. The number of H-pyrrole nitrogens is 1. The highest BCUT2D eigenvalue weighted by molar-refractivity contribution is 9.10. The molecule has 2 rings (SSSR count). The summed E-state index contributed by atoms with van der Waals surface area (Å²) in [5.74, 6) is 0. The molecule has 0 atom stereocenters. The van der Waals surface area contributed by atoms with Gasteiger partial charge in [0.15, 0.2) is 0 Å². The first-order valence-corrected chi connectivity index (χ1v) is 6.59. The predicted octanol–water partition coefficient (Wildman–Crippen LogP) is 2.34. The van der Waals surface area contributed by atoms with E-state index >= 15 is 0 Å². The number of aromatic amines is 1. The summed E-state index contributed by atoms with van der Waals surface area (Å²) in [6.45, 7) is 4.00. The van der Waals surface area contributed by atoms with Crippen molar-refractivity contribution in [2.24, 2.45) is 0 Å². The Kier molecular flexibility index (Phi) is 3.30. The molecule has 17 heavy (non-hydrogen) atoms. The molecule has 2 heterocycles. The summed E-state index contributed by atoms with van der Waals surface area (Å²) >= 11 is 4.80. The van der Waals surface area contributed by atoms with Crippen molar-refractivity contribution >= 4 is 33.0 Å². The highest BCUT2D eigenvalue weighted by atomic mass is 79.9. The molecule has 0 spiro atoms. The van der Waals surface area contributed by atoms with Crippen molar-refractivity contribution in [2.45, 2.75) is 19.4 Å². The number of thiazole rings is 1. The average Bonchev–Trinajstić information content (AvgIpc) is 2.78. The molecule has 0 aliphatic heterocycles. The third-order valence-corrected chi connectivity index (χ3v) is 4.09. The van der Waals surface area contributed by atoms with Crippen molar-refractivity contribution in [1.29, 1.82) is 0 Å². The maximum atomic E-state index is 11.4. The summed E-state index contributed by atoms with van der Waals surface area (Å²) in [6, 6.07) is 0. The van der Waals surface area contributed by atoms with Gasteiger partial charge in [-0.3, -0.25) is 4.79 Å². The fourth-order valence-corrected chi connectivity index (χ4v) is 2.40. The molecule has 7 heteroatoms. The second-order valence-corrected chi connectivity index (χ2v) is 5.70. The van der Waals surface area contributed by atoms with Crippen LogP contribution in [0.2, 0.25) is 0 Å². The van der Waals surface area contributed by atoms with Crippen LogP contribution in [0, 0.1) is 0 Å². The number of aromatic nitrogens is 3. The smallest absolute Gasteiger partial charge is 0.280 e. The summed E-state index contributed by atoms with van der Waals surface area (Å²) in [6.07, 6.45) is 3.33. The van der Waals surface area contributed by atoms with Gasteiger partial charge in [0.25, 0.3) is 5.56 Å². The Labute approximate surface area is 110 Å². The molecular weight excluding hydrogens is 304 g/mol. The van der Waals surface area contributed by atoms with Gasteiger partial charge in [-0.15, -0.1) is 11.3 Å². The highest BCUT2D eigenvalue weighted by Gasteiger charge is 2.24. The standard InChI is InChI=1S/C10H11BrN4OS/c1-10(2,9-12-3-4-17-9)14-6-5-13-15-8(16)7(6)11/h3-5H,1-2H3,(H2,14,15,16). The number of nitrogens with zero attached hydrogens (tertiary/aromatic N) is 2. The maximum absolute atomic E-state index is 11.4. The fraction of sp³-hybridized carbons (Fsp3) is 0.300. The van der Waals surface area contributed by atoms with Crippen LogP contribution >= 0.6 is 27.3 Å². The van der Waals surface area contributed by atoms with Gasteiger partial charge in [-0.05, 0) is 29.8 Å². The Morgan fingerprint density at radius 1 is 1.53 bits per heavy atom. The first-order chi connectivity index (χ1) is 8.00. The Bertz CT molecular complexity index is 564. The van der Waals surface area contributed by atoms with Crippen LogP contribution in [-0.2, 0) is 5.54 Å². The van der Waals surface area contributed by atoms with Crippen molar-refractivity contribution in [3.8, 4) is 0 Å². The average molecular weight is 315 g/mol. The van der Waals surface area contributed by atoms with Gasteiger partial charge in [-0.2, -0.15) is 5.10 Å². The molecule has 2 aromatic heterocycles. The Balaban J connectivity index is 2.33. The van der Waals surface area contributed by atoms with E-state index in [-0.39, 0.29) is 11.1 Å². The summed E-state index contributed by atoms with van der Waals surface area (Å²) < 4.78 is 0.442. The molecule has 90 valence electrons. The number of anilines is 1. The molecule has 0 saturated heterocycles. The monoisotopic (exact) mass is 314 g/mol. The quantitative estimate of drug-likeness (QED) is 0.912. The van der Waals surface area contributed by atoms with Crippen LogP contribution in [0.5, 0.6) is 0 Å². The van der Waals surface area contributed by atoms with Gasteiger partial charge in [0, 0.05) is 11.6 Å². The van der Waals surface area contributed by atoms with Crippen molar-refractivity contribution in [3.05, 3.63) is 37.6 Å². The molecule has 0 aliphatic rings. The predicted molar refractivity (Wildman–Crippen MR) is 71.3 cm³/mol. The molecule has 0 amide bonds. The minimum Gasteiger partial charge on any atom is -0.371 e. The van der Waals surface area contributed by atoms with Gasteiger partial charge in [-0.1, -0.05) is 0 Å². The highest BCUT2D eigenvalue weighted by Crippen LogP contribution is 2.28. The Hall–Kier alpha value is -1.21. The normalized spacial score (nSPS) is 11.5. The van der Waals surface area contributed by atoms with Crippen molar-refractivity contribution in [1.82, 2.24) is 15.2 Å². The summed E-state index contributed by atoms with van der Waals surface area (Å²) in [5, 5.41) is 12.2. The first kappa shape index (κ1) is 12.3. The number of halogens is 1. The Morgan fingerprint density at radius 2 is 2.29 bits per heavy atom. The van der Waals surface area contributed by atoms with Crippen LogP contribution in [0.1, 0.15) is 18.9 Å². The van der Waals surface area contributed by atoms with Gasteiger partial charge in [0.1, 0.15) is 9.48 Å². The largest absolute Gasteiger partial charge is 0.371 e. The second-order valence-electron chi connectivity index (χ2n) is 4.01. The molecule has 0 radical (unpaired) electrons. The van der Waals surface area contributed by atoms with Crippen molar-refractivity contribution in [3.63, 3.8) is 0 Å². The summed E-state index contributed by atoms with van der Waals surface area (Å²) in [7, 11) is 0. The SMILES string of the molecule is CC(C)(Nc1cn[nH]c(=O)c1Br)c1nccs1. The van der Waals surface area contributed by atoms with Gasteiger partial charge >= 0.3 is 0 Å². The van der Waals surface area contributed by atoms with Crippen molar-refractivity contribution < 1.29 is 0 Å². The molecule has 0 fully saturated rings. The lowest BCUT2D eigenvalue weighted by Gasteiger charge is -2.25. The summed E-state index contributed by atoms with van der Waals surface area (Å²) in [4.78, 5) is 15.7. The minimum absolute atomic E-state index is 0.259. The molecule has 2 N–H and O–H groups in total. The lowest BCUT2D eigenvalue weighted by molar-refractivity contribution is 0.602. The zero-order chi connectivity index (χ0) is 12.5. The number of nitrogens with one attached hydrogen (secondary N) is 2. The van der Waals surface area contributed by atoms with E-state index in [1.165, 1.54) is 0 Å². The molecule has 0 aromatic carbocycles. The van der Waals surface area contributed by atoms with Crippen LogP contribution in [0.4, 0.5) is 5.69 Å². The third-order valence-electron chi connectivity index (χ3n) is 2.21. The number of rotatable bonds is 3. The van der Waals surface area contributed by atoms with Gasteiger partial charge < -0.3 is 5.32 Å². The number of hydrogen-bond donors (Lipinski definition) is 2. The molecular formula is C10H11BrN4OS. The molecule has 0 aliphatic carbocycles. The lowest BCUT2D eigenvalue weighted by atomic mass is 10.1. The van der Waals surface area contributed by atoms with Gasteiger partial charge in [-0.25, -0.2) is 10.1 Å². The topological polar surface area (TPSA) is 70.7 Å². The van der Waals surface area contributed by atoms with Crippen molar-refractivity contribution in [2.75, 3.05) is 5.32 Å². The van der Waals surface area contributed by atoms with Gasteiger partial charge in [0.05, 0.1) is 17.4 Å². The van der Waals surface area contributed by atoms with E-state index < -0.39 is 0 Å². The fourth-order valence-electron chi connectivity index (χ4n) is 1.39.